The molecule has 0 bridgehead atoms. The Balaban J connectivity index is 1.73. The van der Waals surface area contributed by atoms with Crippen LogP contribution in [0.25, 0.3) is 0 Å². The Hall–Kier alpha value is -0.800. The molecule has 0 spiro atoms. The molecule has 0 atom stereocenters. The lowest BCUT2D eigenvalue weighted by Gasteiger charge is -2.43. The molecular weight excluding hydrogens is 200 g/mol. The Labute approximate surface area is 97.5 Å². The number of aromatic amines is 1. The second-order valence-electron chi connectivity index (χ2n) is 5.22. The van der Waals surface area contributed by atoms with Crippen LogP contribution in [0.5, 0.6) is 0 Å². The third kappa shape index (κ3) is 2.66. The van der Waals surface area contributed by atoms with Crippen molar-refractivity contribution >= 4 is 0 Å². The van der Waals surface area contributed by atoms with Crippen LogP contribution in [0.15, 0.2) is 18.5 Å². The summed E-state index contributed by atoms with van der Waals surface area (Å²) in [5, 5.41) is 9.41. The molecule has 16 heavy (non-hydrogen) atoms. The van der Waals surface area contributed by atoms with Crippen LogP contribution >= 0.6 is 0 Å². The fourth-order valence-electron chi connectivity index (χ4n) is 2.53. The first kappa shape index (κ1) is 11.7. The summed E-state index contributed by atoms with van der Waals surface area (Å²) in [4.78, 5) is 5.43. The van der Waals surface area contributed by atoms with E-state index in [0.717, 1.165) is 19.5 Å². The number of aliphatic hydroxyl groups excluding tert-OH is 1. The molecule has 0 amide bonds. The number of aliphatic hydroxyl groups is 1. The minimum atomic E-state index is 0.215. The third-order valence-electron chi connectivity index (χ3n) is 3.80. The van der Waals surface area contributed by atoms with E-state index in [4.69, 9.17) is 0 Å². The molecule has 0 unspecified atom stereocenters. The van der Waals surface area contributed by atoms with Gasteiger partial charge in [0.2, 0.25) is 0 Å². The van der Waals surface area contributed by atoms with Crippen LogP contribution in [0.4, 0.5) is 0 Å². The van der Waals surface area contributed by atoms with Crippen molar-refractivity contribution in [2.45, 2.75) is 25.7 Å². The molecule has 0 aliphatic heterocycles. The van der Waals surface area contributed by atoms with E-state index in [1.165, 1.54) is 24.8 Å². The van der Waals surface area contributed by atoms with Gasteiger partial charge in [-0.3, -0.25) is 0 Å². The van der Waals surface area contributed by atoms with Crippen LogP contribution in [0.1, 0.15) is 24.8 Å². The van der Waals surface area contributed by atoms with Crippen LogP contribution in [0.3, 0.4) is 0 Å². The topological polar surface area (TPSA) is 39.3 Å². The second kappa shape index (κ2) is 5.02. The van der Waals surface area contributed by atoms with E-state index >= 15 is 0 Å². The van der Waals surface area contributed by atoms with Crippen LogP contribution in [-0.4, -0.2) is 41.7 Å². The number of likely N-dealkylation sites (N-methyl/N-ethyl adjacent to an activating group) is 1. The van der Waals surface area contributed by atoms with Gasteiger partial charge in [-0.15, -0.1) is 0 Å². The molecule has 90 valence electrons. The molecule has 1 saturated carbocycles. The fraction of sp³-hybridized carbons (Fsp3) is 0.692. The van der Waals surface area contributed by atoms with E-state index in [1.54, 1.807) is 0 Å². The molecule has 0 saturated heterocycles. The van der Waals surface area contributed by atoms with Gasteiger partial charge in [-0.25, -0.2) is 0 Å². The predicted octanol–water partition coefficient (Wildman–Crippen LogP) is 1.65. The number of nitrogens with one attached hydrogen (secondary N) is 1. The Morgan fingerprint density at radius 3 is 2.81 bits per heavy atom. The summed E-state index contributed by atoms with van der Waals surface area (Å²) in [7, 11) is 2.16. The van der Waals surface area contributed by atoms with Gasteiger partial charge < -0.3 is 15.0 Å². The molecule has 0 aromatic carbocycles. The second-order valence-corrected chi connectivity index (χ2v) is 5.22. The number of nitrogens with zero attached hydrogens (tertiary/aromatic N) is 1. The molecule has 3 nitrogen and oxygen atoms in total. The molecule has 2 N–H and O–H groups in total. The van der Waals surface area contributed by atoms with Crippen LogP contribution in [0.2, 0.25) is 0 Å². The van der Waals surface area contributed by atoms with E-state index in [9.17, 15) is 5.11 Å². The number of hydrogen-bond acceptors (Lipinski definition) is 2. The summed E-state index contributed by atoms with van der Waals surface area (Å²) in [5.41, 5.74) is 1.57. The van der Waals surface area contributed by atoms with E-state index in [0.29, 0.717) is 6.61 Å². The van der Waals surface area contributed by atoms with Gasteiger partial charge in [-0.05, 0) is 37.9 Å². The Morgan fingerprint density at radius 2 is 2.31 bits per heavy atom. The maximum absolute atomic E-state index is 9.41. The maximum Gasteiger partial charge on any atom is 0.0499 e. The Kier molecular flexibility index (Phi) is 3.66. The quantitative estimate of drug-likeness (QED) is 0.768. The van der Waals surface area contributed by atoms with Crippen molar-refractivity contribution in [2.75, 3.05) is 26.7 Å². The lowest BCUT2D eigenvalue weighted by molar-refractivity contribution is 0.0149. The maximum atomic E-state index is 9.41. The van der Waals surface area contributed by atoms with Gasteiger partial charge in [0.15, 0.2) is 0 Å². The number of rotatable bonds is 6. The molecule has 1 aromatic rings. The largest absolute Gasteiger partial charge is 0.396 e. The summed E-state index contributed by atoms with van der Waals surface area (Å²) < 4.78 is 0. The van der Waals surface area contributed by atoms with E-state index in [2.05, 4.69) is 29.2 Å². The van der Waals surface area contributed by atoms with Crippen LogP contribution < -0.4 is 0 Å². The lowest BCUT2D eigenvalue weighted by Crippen LogP contribution is -2.44. The molecule has 1 aromatic heterocycles. The van der Waals surface area contributed by atoms with Crippen molar-refractivity contribution in [2.24, 2.45) is 5.41 Å². The number of H-pyrrole nitrogens is 1. The molecule has 0 radical (unpaired) electrons. The highest BCUT2D eigenvalue weighted by Crippen LogP contribution is 2.40. The zero-order valence-electron chi connectivity index (χ0n) is 10.1. The molecule has 1 heterocycles. The number of aromatic nitrogens is 1. The zero-order valence-corrected chi connectivity index (χ0v) is 10.1. The SMILES string of the molecule is CN(CCc1cc[nH]c1)CC1(CO)CCC1. The van der Waals surface area contributed by atoms with Crippen LogP contribution in [-0.2, 0) is 6.42 Å². The molecule has 1 aliphatic carbocycles. The van der Waals surface area contributed by atoms with Crippen LogP contribution in [0, 0.1) is 5.41 Å². The first-order valence-electron chi connectivity index (χ1n) is 6.15. The van der Waals surface area contributed by atoms with Gasteiger partial charge in [-0.1, -0.05) is 6.42 Å². The lowest BCUT2D eigenvalue weighted by atomic mass is 9.69. The first-order chi connectivity index (χ1) is 7.74. The minimum Gasteiger partial charge on any atom is -0.396 e. The molecule has 1 aliphatic rings. The van der Waals surface area contributed by atoms with Gasteiger partial charge in [-0.2, -0.15) is 0 Å². The summed E-state index contributed by atoms with van der Waals surface area (Å²) in [5.74, 6) is 0. The van der Waals surface area contributed by atoms with Gasteiger partial charge in [0.05, 0.1) is 0 Å². The highest BCUT2D eigenvalue weighted by molar-refractivity contribution is 5.08. The average molecular weight is 222 g/mol. The molecule has 2 rings (SSSR count). The third-order valence-corrected chi connectivity index (χ3v) is 3.80. The summed E-state index contributed by atoms with van der Waals surface area (Å²) in [6.45, 7) is 2.45. The standard InChI is InChI=1S/C13H22N2O/c1-15(8-4-12-3-7-14-9-12)10-13(11-16)5-2-6-13/h3,7,9,14,16H,2,4-6,8,10-11H2,1H3. The van der Waals surface area contributed by atoms with Crippen molar-refractivity contribution in [3.8, 4) is 0 Å². The smallest absolute Gasteiger partial charge is 0.0499 e. The highest BCUT2D eigenvalue weighted by Gasteiger charge is 2.36. The number of hydrogen-bond donors (Lipinski definition) is 2. The normalized spacial score (nSPS) is 18.7. The van der Waals surface area contributed by atoms with Crippen molar-refractivity contribution in [3.63, 3.8) is 0 Å². The Bertz CT molecular complexity index is 298. The van der Waals surface area contributed by atoms with Crippen molar-refractivity contribution in [1.82, 2.24) is 9.88 Å². The molecule has 3 heteroatoms. The Morgan fingerprint density at radius 1 is 1.50 bits per heavy atom. The summed E-state index contributed by atoms with van der Waals surface area (Å²) in [6.07, 6.45) is 8.78. The first-order valence-corrected chi connectivity index (χ1v) is 6.15. The van der Waals surface area contributed by atoms with Crippen molar-refractivity contribution in [1.29, 1.82) is 0 Å². The summed E-state index contributed by atoms with van der Waals surface area (Å²) >= 11 is 0. The van der Waals surface area contributed by atoms with Crippen molar-refractivity contribution < 1.29 is 5.11 Å². The molecule has 1 fully saturated rings. The van der Waals surface area contributed by atoms with E-state index in [1.807, 2.05) is 6.20 Å². The highest BCUT2D eigenvalue weighted by atomic mass is 16.3. The van der Waals surface area contributed by atoms with Gasteiger partial charge in [0.25, 0.3) is 0 Å². The van der Waals surface area contributed by atoms with Gasteiger partial charge >= 0.3 is 0 Å². The average Bonchev–Trinajstić information content (AvgIpc) is 2.73. The molecular formula is C13H22N2O. The van der Waals surface area contributed by atoms with Crippen molar-refractivity contribution in [3.05, 3.63) is 24.0 Å². The predicted molar refractivity (Wildman–Crippen MR) is 65.4 cm³/mol. The van der Waals surface area contributed by atoms with Gasteiger partial charge in [0.1, 0.15) is 0 Å². The minimum absolute atomic E-state index is 0.215. The fourth-order valence-corrected chi connectivity index (χ4v) is 2.53. The summed E-state index contributed by atoms with van der Waals surface area (Å²) in [6, 6.07) is 2.12. The van der Waals surface area contributed by atoms with Gasteiger partial charge in [0, 0.05) is 37.5 Å². The monoisotopic (exact) mass is 222 g/mol. The van der Waals surface area contributed by atoms with E-state index in [-0.39, 0.29) is 5.41 Å². The zero-order chi connectivity index (χ0) is 11.4. The van der Waals surface area contributed by atoms with E-state index < -0.39 is 0 Å².